The highest BCUT2D eigenvalue weighted by Crippen LogP contribution is 2.43. The van der Waals surface area contributed by atoms with Gasteiger partial charge in [0.15, 0.2) is 0 Å². The van der Waals surface area contributed by atoms with Gasteiger partial charge in [0, 0.05) is 12.2 Å². The summed E-state index contributed by atoms with van der Waals surface area (Å²) in [4.78, 5) is 0. The Balaban J connectivity index is 2.06. The van der Waals surface area contributed by atoms with Gasteiger partial charge in [-0.15, -0.1) is 0 Å². The van der Waals surface area contributed by atoms with Crippen LogP contribution in [-0.4, -0.2) is 13.2 Å². The van der Waals surface area contributed by atoms with Crippen LogP contribution in [0.4, 0.5) is 5.69 Å². The normalized spacial score (nSPS) is 27.1. The van der Waals surface area contributed by atoms with Crippen molar-refractivity contribution in [3.05, 3.63) is 30.3 Å². The molecule has 0 aromatic heterocycles. The van der Waals surface area contributed by atoms with E-state index in [1.807, 2.05) is 30.3 Å². The minimum absolute atomic E-state index is 0.546. The molecule has 2 N–H and O–H groups in total. The van der Waals surface area contributed by atoms with Gasteiger partial charge in [-0.2, -0.15) is 0 Å². The van der Waals surface area contributed by atoms with E-state index in [0.717, 1.165) is 18.7 Å². The third-order valence-corrected chi connectivity index (χ3v) is 3.70. The number of hydrogen-bond donors (Lipinski definition) is 2. The Morgan fingerprint density at radius 3 is 2.79 bits per heavy atom. The van der Waals surface area contributed by atoms with E-state index in [9.17, 15) is 4.57 Å². The number of para-hydroxylation sites is 1. The first kappa shape index (κ1) is 9.71. The van der Waals surface area contributed by atoms with Crippen molar-refractivity contribution in [2.24, 2.45) is 0 Å². The van der Waals surface area contributed by atoms with Gasteiger partial charge in [0.25, 0.3) is 0 Å². The molecule has 76 valence electrons. The van der Waals surface area contributed by atoms with E-state index in [1.54, 1.807) is 0 Å². The molecule has 1 aliphatic rings. The van der Waals surface area contributed by atoms with Gasteiger partial charge in [0.2, 0.25) is 0 Å². The average Bonchev–Trinajstić information content (AvgIpc) is 2.19. The summed E-state index contributed by atoms with van der Waals surface area (Å²) < 4.78 is 17.2. The second-order valence-corrected chi connectivity index (χ2v) is 5.03. The summed E-state index contributed by atoms with van der Waals surface area (Å²) in [6.45, 7) is 1.28. The zero-order chi connectivity index (χ0) is 9.86. The molecule has 0 unspecified atom stereocenters. The maximum absolute atomic E-state index is 12.0. The lowest BCUT2D eigenvalue weighted by atomic mass is 10.3. The van der Waals surface area contributed by atoms with Gasteiger partial charge in [0.1, 0.15) is 0 Å². The zero-order valence-electron chi connectivity index (χ0n) is 7.77. The Bertz CT molecular complexity index is 332. The van der Waals surface area contributed by atoms with Gasteiger partial charge < -0.3 is 9.61 Å². The summed E-state index contributed by atoms with van der Waals surface area (Å²) >= 11 is 0. The fraction of sp³-hybridized carbons (Fsp3) is 0.333. The highest BCUT2D eigenvalue weighted by atomic mass is 31.2. The molecular formula is C9H13N2O2P. The van der Waals surface area contributed by atoms with Crippen LogP contribution in [0.5, 0.6) is 0 Å². The number of nitrogens with one attached hydrogen (secondary N) is 2. The predicted octanol–water partition coefficient (Wildman–Crippen LogP) is 2.22. The molecule has 1 saturated heterocycles. The van der Waals surface area contributed by atoms with Crippen LogP contribution in [0, 0.1) is 0 Å². The van der Waals surface area contributed by atoms with Crippen molar-refractivity contribution in [3.8, 4) is 0 Å². The van der Waals surface area contributed by atoms with E-state index >= 15 is 0 Å². The fourth-order valence-electron chi connectivity index (χ4n) is 1.29. The lowest BCUT2D eigenvalue weighted by Crippen LogP contribution is -2.25. The van der Waals surface area contributed by atoms with E-state index in [1.165, 1.54) is 0 Å². The zero-order valence-corrected chi connectivity index (χ0v) is 8.67. The van der Waals surface area contributed by atoms with Crippen molar-refractivity contribution in [1.82, 2.24) is 5.09 Å². The first-order chi connectivity index (χ1) is 6.79. The van der Waals surface area contributed by atoms with E-state index < -0.39 is 7.67 Å². The Hall–Kier alpha value is -0.830. The molecule has 1 heterocycles. The standard InChI is InChI=1S/C9H13N2O2P/c12-14(10-7-4-8-13-14)11-9-5-2-1-3-6-9/h1-3,5-6H,4,7-8H2,(H2,10,11,12)/t14-/m1/s1. The van der Waals surface area contributed by atoms with Gasteiger partial charge in [-0.3, -0.25) is 0 Å². The van der Waals surface area contributed by atoms with Crippen LogP contribution < -0.4 is 10.2 Å². The predicted molar refractivity (Wildman–Crippen MR) is 56.2 cm³/mol. The number of benzene rings is 1. The molecule has 5 heteroatoms. The Morgan fingerprint density at radius 1 is 1.36 bits per heavy atom. The minimum Gasteiger partial charge on any atom is -0.303 e. The van der Waals surface area contributed by atoms with Crippen LogP contribution in [0.25, 0.3) is 0 Å². The van der Waals surface area contributed by atoms with E-state index in [0.29, 0.717) is 6.61 Å². The van der Waals surface area contributed by atoms with E-state index in [2.05, 4.69) is 10.2 Å². The van der Waals surface area contributed by atoms with E-state index in [-0.39, 0.29) is 0 Å². The van der Waals surface area contributed by atoms with Crippen LogP contribution >= 0.6 is 7.67 Å². The smallest absolute Gasteiger partial charge is 0.303 e. The molecule has 1 aliphatic heterocycles. The monoisotopic (exact) mass is 212 g/mol. The summed E-state index contributed by atoms with van der Waals surface area (Å²) in [5.41, 5.74) is 0.810. The average molecular weight is 212 g/mol. The van der Waals surface area contributed by atoms with Crippen LogP contribution in [-0.2, 0) is 9.09 Å². The lowest BCUT2D eigenvalue weighted by molar-refractivity contribution is 0.281. The molecule has 0 aliphatic carbocycles. The Morgan fingerprint density at radius 2 is 2.14 bits per heavy atom. The van der Waals surface area contributed by atoms with Crippen molar-refractivity contribution in [2.75, 3.05) is 18.2 Å². The second-order valence-electron chi connectivity index (χ2n) is 3.12. The third-order valence-electron chi connectivity index (χ3n) is 1.96. The van der Waals surface area contributed by atoms with Crippen LogP contribution in [0.3, 0.4) is 0 Å². The molecule has 1 aromatic rings. The maximum Gasteiger partial charge on any atom is 0.365 e. The van der Waals surface area contributed by atoms with Gasteiger partial charge in [-0.25, -0.2) is 9.65 Å². The van der Waals surface area contributed by atoms with Gasteiger partial charge in [-0.05, 0) is 18.6 Å². The highest BCUT2D eigenvalue weighted by molar-refractivity contribution is 7.58. The SMILES string of the molecule is O=[P@]1(Nc2ccccc2)NCCCO1. The second kappa shape index (κ2) is 4.13. The first-order valence-corrected chi connectivity index (χ1v) is 6.24. The summed E-state index contributed by atoms with van der Waals surface area (Å²) in [7, 11) is -2.84. The van der Waals surface area contributed by atoms with E-state index in [4.69, 9.17) is 4.52 Å². The largest absolute Gasteiger partial charge is 0.365 e. The molecule has 1 atom stereocenters. The quantitative estimate of drug-likeness (QED) is 0.738. The van der Waals surface area contributed by atoms with Gasteiger partial charge in [-0.1, -0.05) is 18.2 Å². The molecule has 0 radical (unpaired) electrons. The van der Waals surface area contributed by atoms with Crippen molar-refractivity contribution in [1.29, 1.82) is 0 Å². The molecule has 0 saturated carbocycles. The number of hydrogen-bond acceptors (Lipinski definition) is 2. The molecule has 1 fully saturated rings. The molecule has 0 amide bonds. The summed E-state index contributed by atoms with van der Waals surface area (Å²) in [6, 6.07) is 9.41. The fourth-order valence-corrected chi connectivity index (χ4v) is 2.85. The lowest BCUT2D eigenvalue weighted by Gasteiger charge is -2.25. The van der Waals surface area contributed by atoms with Crippen LogP contribution in [0.2, 0.25) is 0 Å². The van der Waals surface area contributed by atoms with Crippen molar-refractivity contribution < 1.29 is 9.09 Å². The number of rotatable bonds is 2. The molecule has 2 rings (SSSR count). The van der Waals surface area contributed by atoms with Gasteiger partial charge in [0.05, 0.1) is 6.61 Å². The van der Waals surface area contributed by atoms with Crippen LogP contribution in [0.1, 0.15) is 6.42 Å². The highest BCUT2D eigenvalue weighted by Gasteiger charge is 2.25. The maximum atomic E-state index is 12.0. The van der Waals surface area contributed by atoms with Crippen molar-refractivity contribution in [2.45, 2.75) is 6.42 Å². The molecular weight excluding hydrogens is 199 g/mol. The Kier molecular flexibility index (Phi) is 2.87. The van der Waals surface area contributed by atoms with Crippen molar-refractivity contribution in [3.63, 3.8) is 0 Å². The molecule has 1 aromatic carbocycles. The molecule has 0 spiro atoms. The minimum atomic E-state index is -2.84. The summed E-state index contributed by atoms with van der Waals surface area (Å²) in [6.07, 6.45) is 0.903. The molecule has 0 bridgehead atoms. The molecule has 14 heavy (non-hydrogen) atoms. The topological polar surface area (TPSA) is 50.4 Å². The van der Waals surface area contributed by atoms with Crippen molar-refractivity contribution >= 4 is 13.4 Å². The number of anilines is 1. The summed E-state index contributed by atoms with van der Waals surface area (Å²) in [5.74, 6) is 0. The van der Waals surface area contributed by atoms with Crippen LogP contribution in [0.15, 0.2) is 30.3 Å². The summed E-state index contributed by atoms with van der Waals surface area (Å²) in [5, 5.41) is 5.75. The molecule has 4 nitrogen and oxygen atoms in total. The van der Waals surface area contributed by atoms with Gasteiger partial charge >= 0.3 is 7.67 Å². The third kappa shape index (κ3) is 2.35. The Labute approximate surface area is 83.2 Å². The first-order valence-electron chi connectivity index (χ1n) is 4.62.